The second-order valence-corrected chi connectivity index (χ2v) is 5.58. The van der Waals surface area contributed by atoms with E-state index in [-0.39, 0.29) is 0 Å². The summed E-state index contributed by atoms with van der Waals surface area (Å²) in [5, 5.41) is 9.69. The molecule has 0 unspecified atom stereocenters. The molecule has 1 aliphatic rings. The lowest BCUT2D eigenvalue weighted by Crippen LogP contribution is -2.54. The number of ether oxygens (including phenoxy) is 1. The molecule has 6 nitrogen and oxygen atoms in total. The van der Waals surface area contributed by atoms with Gasteiger partial charge in [0.2, 0.25) is 0 Å². The van der Waals surface area contributed by atoms with E-state index < -0.39 is 5.54 Å². The Labute approximate surface area is 123 Å². The van der Waals surface area contributed by atoms with Crippen LogP contribution in [-0.2, 0) is 0 Å². The van der Waals surface area contributed by atoms with E-state index in [2.05, 4.69) is 25.8 Å². The van der Waals surface area contributed by atoms with Crippen LogP contribution in [0.15, 0.2) is 6.20 Å². The fourth-order valence-electron chi connectivity index (χ4n) is 2.21. The van der Waals surface area contributed by atoms with Crippen molar-refractivity contribution in [1.82, 2.24) is 14.9 Å². The molecular formula is C13H18ClN5O. The SMILES string of the molecule is COc1ncc(Cl)c(N2CCN(C(C)(C)C#N)CC2)n1. The summed E-state index contributed by atoms with van der Waals surface area (Å²) in [7, 11) is 1.53. The molecule has 1 aromatic heterocycles. The number of rotatable bonds is 3. The van der Waals surface area contributed by atoms with Crippen LogP contribution in [0.25, 0.3) is 0 Å². The average molecular weight is 296 g/mol. The number of piperazine rings is 1. The van der Waals surface area contributed by atoms with E-state index in [0.29, 0.717) is 16.9 Å². The van der Waals surface area contributed by atoms with Crippen LogP contribution in [0, 0.1) is 11.3 Å². The molecule has 0 atom stereocenters. The summed E-state index contributed by atoms with van der Waals surface area (Å²) in [6, 6.07) is 2.64. The Morgan fingerprint density at radius 2 is 2.00 bits per heavy atom. The van der Waals surface area contributed by atoms with Gasteiger partial charge >= 0.3 is 6.01 Å². The van der Waals surface area contributed by atoms with Gasteiger partial charge in [-0.1, -0.05) is 11.6 Å². The fourth-order valence-corrected chi connectivity index (χ4v) is 2.42. The zero-order chi connectivity index (χ0) is 14.8. The smallest absolute Gasteiger partial charge is 0.318 e. The molecule has 1 aliphatic heterocycles. The van der Waals surface area contributed by atoms with Crippen LogP contribution in [0.2, 0.25) is 5.02 Å². The molecule has 0 bridgehead atoms. The summed E-state index contributed by atoms with van der Waals surface area (Å²) < 4.78 is 5.03. The Bertz CT molecular complexity index is 520. The second kappa shape index (κ2) is 5.81. The maximum Gasteiger partial charge on any atom is 0.318 e. The van der Waals surface area contributed by atoms with Crippen molar-refractivity contribution in [3.63, 3.8) is 0 Å². The molecule has 1 saturated heterocycles. The lowest BCUT2D eigenvalue weighted by molar-refractivity contribution is 0.157. The van der Waals surface area contributed by atoms with Gasteiger partial charge in [0.25, 0.3) is 0 Å². The average Bonchev–Trinajstić information content (AvgIpc) is 2.48. The minimum atomic E-state index is -0.445. The monoisotopic (exact) mass is 295 g/mol. The second-order valence-electron chi connectivity index (χ2n) is 5.17. The van der Waals surface area contributed by atoms with Crippen molar-refractivity contribution in [2.24, 2.45) is 0 Å². The summed E-state index contributed by atoms with van der Waals surface area (Å²) in [4.78, 5) is 12.5. The molecule has 0 aromatic carbocycles. The Morgan fingerprint density at radius 3 is 2.55 bits per heavy atom. The zero-order valence-electron chi connectivity index (χ0n) is 11.9. The van der Waals surface area contributed by atoms with Crippen molar-refractivity contribution in [2.45, 2.75) is 19.4 Å². The fraction of sp³-hybridized carbons (Fsp3) is 0.615. The molecule has 0 saturated carbocycles. The van der Waals surface area contributed by atoms with Gasteiger partial charge < -0.3 is 9.64 Å². The third kappa shape index (κ3) is 2.94. The Morgan fingerprint density at radius 1 is 1.35 bits per heavy atom. The van der Waals surface area contributed by atoms with Gasteiger partial charge in [0.15, 0.2) is 5.82 Å². The molecule has 1 fully saturated rings. The molecule has 0 radical (unpaired) electrons. The summed E-state index contributed by atoms with van der Waals surface area (Å²) in [6.45, 7) is 7.00. The molecule has 20 heavy (non-hydrogen) atoms. The van der Waals surface area contributed by atoms with E-state index in [1.54, 1.807) is 6.20 Å². The number of hydrogen-bond donors (Lipinski definition) is 0. The highest BCUT2D eigenvalue weighted by Crippen LogP contribution is 2.26. The van der Waals surface area contributed by atoms with Gasteiger partial charge in [0.1, 0.15) is 10.6 Å². The van der Waals surface area contributed by atoms with Crippen molar-refractivity contribution in [2.75, 3.05) is 38.2 Å². The number of hydrogen-bond acceptors (Lipinski definition) is 6. The quantitative estimate of drug-likeness (QED) is 0.843. The van der Waals surface area contributed by atoms with Gasteiger partial charge in [-0.3, -0.25) is 4.90 Å². The molecule has 0 amide bonds. The standard InChI is InChI=1S/C13H18ClN5O/c1-13(2,9-15)19-6-4-18(5-7-19)11-10(14)8-16-12(17-11)20-3/h8H,4-7H2,1-3H3. The predicted octanol–water partition coefficient (Wildman–Crippen LogP) is 1.56. The molecule has 0 spiro atoms. The molecule has 2 heterocycles. The number of methoxy groups -OCH3 is 1. The third-order valence-electron chi connectivity index (χ3n) is 3.53. The van der Waals surface area contributed by atoms with Gasteiger partial charge in [0.05, 0.1) is 19.4 Å². The highest BCUT2D eigenvalue weighted by Gasteiger charge is 2.30. The summed E-state index contributed by atoms with van der Waals surface area (Å²) >= 11 is 6.15. The van der Waals surface area contributed by atoms with Crippen LogP contribution >= 0.6 is 11.6 Å². The molecule has 0 aliphatic carbocycles. The molecule has 7 heteroatoms. The first-order valence-corrected chi connectivity index (χ1v) is 6.83. The Kier molecular flexibility index (Phi) is 4.31. The Hall–Kier alpha value is -1.58. The van der Waals surface area contributed by atoms with Crippen molar-refractivity contribution in [1.29, 1.82) is 5.26 Å². The summed E-state index contributed by atoms with van der Waals surface area (Å²) in [6.07, 6.45) is 1.55. The van der Waals surface area contributed by atoms with Crippen LogP contribution in [0.1, 0.15) is 13.8 Å². The van der Waals surface area contributed by atoms with Gasteiger partial charge in [0, 0.05) is 26.2 Å². The van der Waals surface area contributed by atoms with E-state index in [1.165, 1.54) is 7.11 Å². The van der Waals surface area contributed by atoms with Gasteiger partial charge in [-0.05, 0) is 13.8 Å². The van der Waals surface area contributed by atoms with Crippen molar-refractivity contribution in [3.05, 3.63) is 11.2 Å². The molecule has 0 N–H and O–H groups in total. The molecule has 108 valence electrons. The van der Waals surface area contributed by atoms with E-state index in [1.807, 2.05) is 13.8 Å². The molecule has 1 aromatic rings. The van der Waals surface area contributed by atoms with Gasteiger partial charge in [-0.15, -0.1) is 0 Å². The predicted molar refractivity (Wildman–Crippen MR) is 77.1 cm³/mol. The first-order chi connectivity index (χ1) is 9.47. The van der Waals surface area contributed by atoms with E-state index in [0.717, 1.165) is 26.2 Å². The number of nitrogens with zero attached hydrogens (tertiary/aromatic N) is 5. The summed E-state index contributed by atoms with van der Waals surface area (Å²) in [5.41, 5.74) is -0.445. The van der Waals surface area contributed by atoms with E-state index in [9.17, 15) is 5.26 Å². The largest absolute Gasteiger partial charge is 0.467 e. The highest BCUT2D eigenvalue weighted by molar-refractivity contribution is 6.32. The number of aromatic nitrogens is 2. The van der Waals surface area contributed by atoms with Crippen LogP contribution in [0.3, 0.4) is 0 Å². The van der Waals surface area contributed by atoms with Crippen molar-refractivity contribution >= 4 is 17.4 Å². The lowest BCUT2D eigenvalue weighted by atomic mass is 10.0. The van der Waals surface area contributed by atoms with Crippen molar-refractivity contribution < 1.29 is 4.74 Å². The van der Waals surface area contributed by atoms with Crippen molar-refractivity contribution in [3.8, 4) is 12.1 Å². The van der Waals surface area contributed by atoms with Crippen LogP contribution < -0.4 is 9.64 Å². The number of nitriles is 1. The maximum absolute atomic E-state index is 9.18. The van der Waals surface area contributed by atoms with E-state index in [4.69, 9.17) is 16.3 Å². The maximum atomic E-state index is 9.18. The summed E-state index contributed by atoms with van der Waals surface area (Å²) in [5.74, 6) is 0.688. The van der Waals surface area contributed by atoms with Crippen LogP contribution in [0.4, 0.5) is 5.82 Å². The number of halogens is 1. The number of anilines is 1. The Balaban J connectivity index is 2.10. The minimum Gasteiger partial charge on any atom is -0.467 e. The molecular weight excluding hydrogens is 278 g/mol. The van der Waals surface area contributed by atoms with Gasteiger partial charge in [-0.2, -0.15) is 10.2 Å². The topological polar surface area (TPSA) is 65.3 Å². The van der Waals surface area contributed by atoms with Crippen LogP contribution in [-0.4, -0.2) is 53.7 Å². The third-order valence-corrected chi connectivity index (χ3v) is 3.80. The highest BCUT2D eigenvalue weighted by atomic mass is 35.5. The zero-order valence-corrected chi connectivity index (χ0v) is 12.7. The minimum absolute atomic E-state index is 0.309. The first kappa shape index (κ1) is 14.8. The molecule has 2 rings (SSSR count). The van der Waals surface area contributed by atoms with Gasteiger partial charge in [-0.25, -0.2) is 4.98 Å². The van der Waals surface area contributed by atoms with E-state index >= 15 is 0 Å². The van der Waals surface area contributed by atoms with Crippen LogP contribution in [0.5, 0.6) is 6.01 Å². The lowest BCUT2D eigenvalue weighted by Gasteiger charge is -2.41. The normalized spacial score (nSPS) is 16.9. The first-order valence-electron chi connectivity index (χ1n) is 6.45.